The first kappa shape index (κ1) is 16.9. The Kier molecular flexibility index (Phi) is 4.29. The molecular weight excluding hydrogens is 377 g/mol. The number of rotatable bonds is 3. The molecule has 10 heteroatoms. The normalized spacial score (nSPS) is 20.2. The molecule has 0 radical (unpaired) electrons. The number of hydrogen-bond acceptors (Lipinski definition) is 7. The van der Waals surface area contributed by atoms with Gasteiger partial charge in [0.05, 0.1) is 22.4 Å². The lowest BCUT2D eigenvalue weighted by molar-refractivity contribution is 0.574. The minimum absolute atomic E-state index is 0.140. The first-order chi connectivity index (χ1) is 12.5. The van der Waals surface area contributed by atoms with Gasteiger partial charge in [-0.05, 0) is 12.1 Å². The Hall–Kier alpha value is -2.59. The van der Waals surface area contributed by atoms with Crippen molar-refractivity contribution in [3.8, 4) is 21.9 Å². The van der Waals surface area contributed by atoms with Crippen LogP contribution in [-0.2, 0) is 11.0 Å². The minimum Gasteiger partial charge on any atom is -0.444 e. The van der Waals surface area contributed by atoms with Crippen molar-refractivity contribution in [2.75, 3.05) is 12.8 Å². The molecule has 1 aliphatic heterocycles. The molecule has 3 aromatic heterocycles. The molecule has 0 bridgehead atoms. The molecule has 134 valence electrons. The van der Waals surface area contributed by atoms with Crippen LogP contribution in [0, 0.1) is 5.82 Å². The zero-order chi connectivity index (χ0) is 18.3. The third kappa shape index (κ3) is 3.01. The van der Waals surface area contributed by atoms with Gasteiger partial charge in [0.2, 0.25) is 11.9 Å². The fraction of sp³-hybridized carbons (Fsp3) is 0.188. The number of guanidine groups is 1. The molecule has 26 heavy (non-hydrogen) atoms. The summed E-state index contributed by atoms with van der Waals surface area (Å²) in [6, 6.07) is 2.70. The van der Waals surface area contributed by atoms with Crippen molar-refractivity contribution in [2.24, 2.45) is 10.7 Å². The van der Waals surface area contributed by atoms with E-state index in [2.05, 4.69) is 15.0 Å². The summed E-state index contributed by atoms with van der Waals surface area (Å²) >= 11 is 1.25. The molecule has 0 saturated carbocycles. The number of pyridine rings is 1. The fourth-order valence-corrected chi connectivity index (χ4v) is 4.73. The molecule has 4 rings (SSSR count). The molecule has 2 N–H and O–H groups in total. The molecule has 2 atom stereocenters. The number of aliphatic imine (C=N–C) groups is 1. The summed E-state index contributed by atoms with van der Waals surface area (Å²) in [5, 5.41) is 0. The van der Waals surface area contributed by atoms with Gasteiger partial charge in [-0.25, -0.2) is 18.6 Å². The Balaban J connectivity index is 1.70. The van der Waals surface area contributed by atoms with Gasteiger partial charge in [0.25, 0.3) is 0 Å². The molecule has 0 fully saturated rings. The van der Waals surface area contributed by atoms with Crippen LogP contribution in [0.4, 0.5) is 4.39 Å². The van der Waals surface area contributed by atoms with E-state index < -0.39 is 22.8 Å². The highest BCUT2D eigenvalue weighted by molar-refractivity contribution is 7.83. The number of hydrogen-bond donors (Lipinski definition) is 1. The standard InChI is InChI=1S/C16H14FN5O2S2/c1-22-16(18)21-12(8-26(22)23)14-11(17)5-13(25-14)9-4-10(7-19-6-9)15-20-2-3-24-15/h2-7,12H,8H2,1H3,(H2,18,21). The van der Waals surface area contributed by atoms with Gasteiger partial charge < -0.3 is 10.2 Å². The van der Waals surface area contributed by atoms with Crippen LogP contribution in [0.1, 0.15) is 10.9 Å². The van der Waals surface area contributed by atoms with Crippen LogP contribution in [0.15, 0.2) is 46.4 Å². The SMILES string of the molecule is CN1C(N)=NC(c2sc(-c3cncc(-c4ncco4)c3)cc2F)CS1=O. The molecule has 7 nitrogen and oxygen atoms in total. The molecule has 0 amide bonds. The van der Waals surface area contributed by atoms with Crippen LogP contribution in [-0.4, -0.2) is 37.2 Å². The van der Waals surface area contributed by atoms with Crippen molar-refractivity contribution in [3.05, 3.63) is 47.7 Å². The lowest BCUT2D eigenvalue weighted by Gasteiger charge is -2.25. The molecule has 0 aliphatic carbocycles. The molecule has 1 aliphatic rings. The lowest BCUT2D eigenvalue weighted by Crippen LogP contribution is -2.41. The van der Waals surface area contributed by atoms with Gasteiger partial charge in [-0.1, -0.05) is 0 Å². The summed E-state index contributed by atoms with van der Waals surface area (Å²) in [4.78, 5) is 13.6. The van der Waals surface area contributed by atoms with Crippen molar-refractivity contribution >= 4 is 28.3 Å². The second-order valence-electron chi connectivity index (χ2n) is 5.61. The summed E-state index contributed by atoms with van der Waals surface area (Å²) in [6.07, 6.45) is 6.30. The summed E-state index contributed by atoms with van der Waals surface area (Å²) in [7, 11) is 0.270. The number of thiophene rings is 1. The van der Waals surface area contributed by atoms with Gasteiger partial charge in [-0.15, -0.1) is 11.3 Å². The number of nitrogens with two attached hydrogens (primary N) is 1. The monoisotopic (exact) mass is 391 g/mol. The van der Waals surface area contributed by atoms with E-state index in [1.807, 2.05) is 6.07 Å². The number of halogens is 1. The van der Waals surface area contributed by atoms with Gasteiger partial charge in [0.15, 0.2) is 0 Å². The van der Waals surface area contributed by atoms with Gasteiger partial charge in [-0.2, -0.15) is 0 Å². The van der Waals surface area contributed by atoms with Crippen LogP contribution in [0.5, 0.6) is 0 Å². The summed E-state index contributed by atoms with van der Waals surface area (Å²) < 4.78 is 33.3. The summed E-state index contributed by atoms with van der Waals surface area (Å²) in [6.45, 7) is 0. The largest absolute Gasteiger partial charge is 0.444 e. The molecule has 4 heterocycles. The quantitative estimate of drug-likeness (QED) is 0.740. The van der Waals surface area contributed by atoms with E-state index in [9.17, 15) is 8.60 Å². The predicted octanol–water partition coefficient (Wildman–Crippen LogP) is 2.57. The average Bonchev–Trinajstić information content (AvgIpc) is 3.29. The van der Waals surface area contributed by atoms with E-state index in [1.165, 1.54) is 28.0 Å². The topological polar surface area (TPSA) is 97.6 Å². The Morgan fingerprint density at radius 3 is 2.92 bits per heavy atom. The van der Waals surface area contributed by atoms with E-state index in [1.54, 1.807) is 25.6 Å². The third-order valence-corrected chi connectivity index (χ3v) is 6.59. The highest BCUT2D eigenvalue weighted by Crippen LogP contribution is 2.37. The van der Waals surface area contributed by atoms with Crippen molar-refractivity contribution < 1.29 is 13.0 Å². The third-order valence-electron chi connectivity index (χ3n) is 3.93. The van der Waals surface area contributed by atoms with Gasteiger partial charge in [-0.3, -0.25) is 9.29 Å². The smallest absolute Gasteiger partial charge is 0.227 e. The zero-order valence-electron chi connectivity index (χ0n) is 13.6. The Morgan fingerprint density at radius 2 is 2.19 bits per heavy atom. The molecule has 0 saturated heterocycles. The number of nitrogens with zero attached hydrogens (tertiary/aromatic N) is 4. The number of oxazole rings is 1. The van der Waals surface area contributed by atoms with Crippen LogP contribution in [0.2, 0.25) is 0 Å². The molecular formula is C16H14FN5O2S2. The molecule has 0 spiro atoms. The maximum absolute atomic E-state index is 14.5. The van der Waals surface area contributed by atoms with Gasteiger partial charge in [0, 0.05) is 29.9 Å². The highest BCUT2D eigenvalue weighted by Gasteiger charge is 2.28. The number of aromatic nitrogens is 2. The van der Waals surface area contributed by atoms with Crippen molar-refractivity contribution in [1.82, 2.24) is 14.3 Å². The average molecular weight is 391 g/mol. The van der Waals surface area contributed by atoms with Crippen LogP contribution in [0.25, 0.3) is 21.9 Å². The van der Waals surface area contributed by atoms with Crippen LogP contribution < -0.4 is 5.73 Å². The lowest BCUT2D eigenvalue weighted by atomic mass is 10.1. The van der Waals surface area contributed by atoms with Gasteiger partial charge >= 0.3 is 0 Å². The highest BCUT2D eigenvalue weighted by atomic mass is 32.2. The second kappa shape index (κ2) is 6.61. The van der Waals surface area contributed by atoms with Crippen LogP contribution >= 0.6 is 11.3 Å². The predicted molar refractivity (Wildman–Crippen MR) is 98.1 cm³/mol. The maximum atomic E-state index is 14.5. The summed E-state index contributed by atoms with van der Waals surface area (Å²) in [5.74, 6) is 0.388. The van der Waals surface area contributed by atoms with E-state index in [-0.39, 0.29) is 11.7 Å². The molecule has 0 aromatic carbocycles. The van der Waals surface area contributed by atoms with Crippen molar-refractivity contribution in [2.45, 2.75) is 6.04 Å². The molecule has 3 aromatic rings. The minimum atomic E-state index is -1.33. The van der Waals surface area contributed by atoms with E-state index in [0.29, 0.717) is 21.2 Å². The second-order valence-corrected chi connectivity index (χ2v) is 8.22. The first-order valence-corrected chi connectivity index (χ1v) is 9.72. The van der Waals surface area contributed by atoms with E-state index in [4.69, 9.17) is 10.2 Å². The first-order valence-electron chi connectivity index (χ1n) is 7.63. The Bertz CT molecular complexity index is 1000. The maximum Gasteiger partial charge on any atom is 0.227 e. The van der Waals surface area contributed by atoms with E-state index >= 15 is 0 Å². The Morgan fingerprint density at radius 1 is 1.38 bits per heavy atom. The van der Waals surface area contributed by atoms with E-state index in [0.717, 1.165) is 5.56 Å². The molecule has 2 unspecified atom stereocenters. The zero-order valence-corrected chi connectivity index (χ0v) is 15.3. The Labute approximate surface area is 155 Å². The fourth-order valence-electron chi connectivity index (χ4n) is 2.57. The van der Waals surface area contributed by atoms with Crippen LogP contribution in [0.3, 0.4) is 0 Å². The van der Waals surface area contributed by atoms with Crippen molar-refractivity contribution in [1.29, 1.82) is 0 Å². The summed E-state index contributed by atoms with van der Waals surface area (Å²) in [5.41, 5.74) is 7.21. The van der Waals surface area contributed by atoms with Gasteiger partial charge in [0.1, 0.15) is 29.1 Å². The van der Waals surface area contributed by atoms with Crippen molar-refractivity contribution in [3.63, 3.8) is 0 Å².